The lowest BCUT2D eigenvalue weighted by Gasteiger charge is -2.21. The fourth-order valence-corrected chi connectivity index (χ4v) is 4.89. The summed E-state index contributed by atoms with van der Waals surface area (Å²) in [6.07, 6.45) is 11.0. The van der Waals surface area contributed by atoms with Crippen LogP contribution < -0.4 is 5.32 Å². The van der Waals surface area contributed by atoms with Gasteiger partial charge in [0.2, 0.25) is 0 Å². The normalized spacial score (nSPS) is 16.1. The number of aromatic nitrogens is 3. The van der Waals surface area contributed by atoms with Crippen LogP contribution in [0.3, 0.4) is 0 Å². The largest absolute Gasteiger partial charge is 0.339 e. The van der Waals surface area contributed by atoms with Gasteiger partial charge < -0.3 is 10.2 Å². The first-order valence-electron chi connectivity index (χ1n) is 12.1. The molecule has 2 aromatic heterocycles. The van der Waals surface area contributed by atoms with E-state index in [1.54, 1.807) is 36.1 Å². The summed E-state index contributed by atoms with van der Waals surface area (Å²) in [6, 6.07) is 15.7. The van der Waals surface area contributed by atoms with E-state index < -0.39 is 0 Å². The lowest BCUT2D eigenvalue weighted by atomic mass is 9.91. The molecule has 0 radical (unpaired) electrons. The maximum Gasteiger partial charge on any atom is 0.258 e. The van der Waals surface area contributed by atoms with Crippen LogP contribution in [0.15, 0.2) is 73.3 Å². The number of nitrogens with zero attached hydrogens (tertiary/aromatic N) is 4. The van der Waals surface area contributed by atoms with Crippen LogP contribution in [-0.4, -0.2) is 44.6 Å². The first kappa shape index (κ1) is 22.8. The third-order valence-corrected chi connectivity index (χ3v) is 6.75. The average molecular weight is 468 g/mol. The predicted octanol–water partition coefficient (Wildman–Crippen LogP) is 4.71. The van der Waals surface area contributed by atoms with Gasteiger partial charge in [0.05, 0.1) is 11.8 Å². The molecule has 1 unspecified atom stereocenters. The number of carbonyl (C=O) groups excluding carboxylic acids is 2. The fourth-order valence-electron chi connectivity index (χ4n) is 4.89. The van der Waals surface area contributed by atoms with Crippen LogP contribution in [-0.2, 0) is 13.5 Å². The van der Waals surface area contributed by atoms with E-state index in [0.717, 1.165) is 38.8 Å². The zero-order valence-corrected chi connectivity index (χ0v) is 19.9. The van der Waals surface area contributed by atoms with Gasteiger partial charge in [-0.15, -0.1) is 0 Å². The third-order valence-electron chi connectivity index (χ3n) is 6.75. The Morgan fingerprint density at radius 1 is 1.03 bits per heavy atom. The maximum absolute atomic E-state index is 13.3. The van der Waals surface area contributed by atoms with Crippen molar-refractivity contribution in [1.82, 2.24) is 19.7 Å². The van der Waals surface area contributed by atoms with Gasteiger partial charge in [0.15, 0.2) is 0 Å². The first-order valence-corrected chi connectivity index (χ1v) is 12.1. The monoisotopic (exact) mass is 467 g/mol. The molecule has 7 heteroatoms. The van der Waals surface area contributed by atoms with Gasteiger partial charge in [-0.2, -0.15) is 5.10 Å². The highest BCUT2D eigenvalue weighted by atomic mass is 16.2. The molecule has 0 aliphatic carbocycles. The van der Waals surface area contributed by atoms with Crippen molar-refractivity contribution >= 4 is 28.3 Å². The van der Waals surface area contributed by atoms with Crippen LogP contribution in [0.2, 0.25) is 0 Å². The first-order chi connectivity index (χ1) is 17.1. The molecule has 0 bridgehead atoms. The van der Waals surface area contributed by atoms with Gasteiger partial charge in [-0.25, -0.2) is 0 Å². The van der Waals surface area contributed by atoms with Gasteiger partial charge in [-0.05, 0) is 66.8 Å². The molecule has 0 saturated carbocycles. The van der Waals surface area contributed by atoms with E-state index in [-0.39, 0.29) is 11.8 Å². The molecule has 1 N–H and O–H groups in total. The number of hydrogen-bond donors (Lipinski definition) is 1. The molecule has 2 aromatic carbocycles. The predicted molar refractivity (Wildman–Crippen MR) is 136 cm³/mol. The average Bonchev–Trinajstić information content (AvgIpc) is 3.18. The summed E-state index contributed by atoms with van der Waals surface area (Å²) in [5.41, 5.74) is 3.00. The zero-order valence-electron chi connectivity index (χ0n) is 19.9. The molecule has 1 aliphatic rings. The Morgan fingerprint density at radius 2 is 1.91 bits per heavy atom. The smallest absolute Gasteiger partial charge is 0.258 e. The molecule has 0 spiro atoms. The number of rotatable bonds is 5. The van der Waals surface area contributed by atoms with Gasteiger partial charge in [-0.3, -0.25) is 19.3 Å². The second-order valence-electron chi connectivity index (χ2n) is 9.24. The minimum absolute atomic E-state index is 0.0116. The fraction of sp³-hybridized carbons (Fsp3) is 0.286. The summed E-state index contributed by atoms with van der Waals surface area (Å²) >= 11 is 0. The van der Waals surface area contributed by atoms with Crippen molar-refractivity contribution in [3.05, 3.63) is 90.0 Å². The highest BCUT2D eigenvalue weighted by Crippen LogP contribution is 2.27. The minimum Gasteiger partial charge on any atom is -0.339 e. The van der Waals surface area contributed by atoms with Crippen molar-refractivity contribution in [3.8, 4) is 0 Å². The second kappa shape index (κ2) is 10.1. The van der Waals surface area contributed by atoms with Crippen molar-refractivity contribution in [1.29, 1.82) is 0 Å². The minimum atomic E-state index is -0.246. The number of nitrogens with one attached hydrogen (secondary N) is 1. The number of pyridine rings is 1. The van der Waals surface area contributed by atoms with Gasteiger partial charge >= 0.3 is 0 Å². The molecule has 1 atom stereocenters. The summed E-state index contributed by atoms with van der Waals surface area (Å²) in [7, 11) is 1.76. The van der Waals surface area contributed by atoms with Crippen molar-refractivity contribution in [2.24, 2.45) is 13.0 Å². The zero-order chi connectivity index (χ0) is 24.2. The van der Waals surface area contributed by atoms with Crippen molar-refractivity contribution in [2.45, 2.75) is 25.7 Å². The van der Waals surface area contributed by atoms with Crippen molar-refractivity contribution in [2.75, 3.05) is 18.4 Å². The number of amides is 2. The van der Waals surface area contributed by atoms with Crippen LogP contribution in [0.1, 0.15) is 45.5 Å². The molecular weight excluding hydrogens is 438 g/mol. The van der Waals surface area contributed by atoms with Crippen molar-refractivity contribution < 1.29 is 9.59 Å². The summed E-state index contributed by atoms with van der Waals surface area (Å²) in [5.74, 6) is 0.296. The van der Waals surface area contributed by atoms with Crippen LogP contribution in [0, 0.1) is 5.92 Å². The summed E-state index contributed by atoms with van der Waals surface area (Å²) in [5, 5.41) is 9.34. The highest BCUT2D eigenvalue weighted by molar-refractivity contribution is 6.04. The molecule has 1 aliphatic heterocycles. The lowest BCUT2D eigenvalue weighted by Crippen LogP contribution is -2.32. The van der Waals surface area contributed by atoms with E-state index in [4.69, 9.17) is 0 Å². The van der Waals surface area contributed by atoms with Crippen LogP contribution >= 0.6 is 0 Å². The van der Waals surface area contributed by atoms with Crippen LogP contribution in [0.5, 0.6) is 0 Å². The molecule has 3 heterocycles. The SMILES string of the molecule is Cn1cc(C(=O)Nc2cccc(C(=O)N3CCCC(Cc4cccc5ccncc45)CC3)c2)cn1. The Hall–Kier alpha value is -4.00. The second-order valence-corrected chi connectivity index (χ2v) is 9.24. The van der Waals surface area contributed by atoms with Gasteiger partial charge in [0.1, 0.15) is 0 Å². The molecule has 5 rings (SSSR count). The summed E-state index contributed by atoms with van der Waals surface area (Å²) < 4.78 is 1.58. The Bertz CT molecular complexity index is 1360. The molecule has 4 aromatic rings. The van der Waals surface area contributed by atoms with Gasteiger partial charge in [0, 0.05) is 55.4 Å². The molecule has 2 amide bonds. The molecule has 1 fully saturated rings. The van der Waals surface area contributed by atoms with E-state index in [0.29, 0.717) is 22.7 Å². The lowest BCUT2D eigenvalue weighted by molar-refractivity contribution is 0.0759. The quantitative estimate of drug-likeness (QED) is 0.461. The van der Waals surface area contributed by atoms with Crippen molar-refractivity contribution in [3.63, 3.8) is 0 Å². The van der Waals surface area contributed by atoms with E-state index in [1.165, 1.54) is 22.5 Å². The Labute approximate surface area is 204 Å². The van der Waals surface area contributed by atoms with E-state index in [2.05, 4.69) is 39.7 Å². The van der Waals surface area contributed by atoms with Gasteiger partial charge in [0.25, 0.3) is 11.8 Å². The number of carbonyl (C=O) groups is 2. The number of likely N-dealkylation sites (tertiary alicyclic amines) is 1. The number of fused-ring (bicyclic) bond motifs is 1. The molecule has 178 valence electrons. The molecule has 35 heavy (non-hydrogen) atoms. The van der Waals surface area contributed by atoms with E-state index in [9.17, 15) is 9.59 Å². The number of benzene rings is 2. The topological polar surface area (TPSA) is 80.1 Å². The maximum atomic E-state index is 13.3. The number of aryl methyl sites for hydroxylation is 1. The van der Waals surface area contributed by atoms with Crippen LogP contribution in [0.25, 0.3) is 10.8 Å². The Kier molecular flexibility index (Phi) is 6.57. The van der Waals surface area contributed by atoms with Gasteiger partial charge in [-0.1, -0.05) is 24.3 Å². The molecule has 1 saturated heterocycles. The van der Waals surface area contributed by atoms with E-state index in [1.807, 2.05) is 23.4 Å². The Balaban J connectivity index is 1.23. The van der Waals surface area contributed by atoms with Crippen LogP contribution in [0.4, 0.5) is 5.69 Å². The standard InChI is InChI=1S/C28H29N5O2/c1-32-19-24(17-30-32)27(34)31-25-9-3-8-23(16-25)28(35)33-13-4-5-20(11-14-33)15-22-7-2-6-21-10-12-29-18-26(21)22/h2-3,6-10,12,16-20H,4-5,11,13-15H2,1H3,(H,31,34). The summed E-state index contributed by atoms with van der Waals surface area (Å²) in [4.78, 5) is 32.0. The molecular formula is C28H29N5O2. The summed E-state index contributed by atoms with van der Waals surface area (Å²) in [6.45, 7) is 1.48. The number of anilines is 1. The third kappa shape index (κ3) is 5.24. The van der Waals surface area contributed by atoms with E-state index >= 15 is 0 Å². The highest BCUT2D eigenvalue weighted by Gasteiger charge is 2.22. The molecule has 7 nitrogen and oxygen atoms in total. The Morgan fingerprint density at radius 3 is 2.77 bits per heavy atom. The number of hydrogen-bond acceptors (Lipinski definition) is 4.